The number of phenolic OH excluding ortho intramolecular Hbond substituents is 2. The molecule has 1 saturated heterocycles. The van der Waals surface area contributed by atoms with Crippen LogP contribution in [-0.2, 0) is 5.41 Å². The van der Waals surface area contributed by atoms with Gasteiger partial charge in [0.2, 0.25) is 11.7 Å². The summed E-state index contributed by atoms with van der Waals surface area (Å²) < 4.78 is 5.33. The van der Waals surface area contributed by atoms with Gasteiger partial charge in [-0.2, -0.15) is 4.98 Å². The van der Waals surface area contributed by atoms with Crippen molar-refractivity contribution < 1.29 is 14.7 Å². The van der Waals surface area contributed by atoms with Crippen molar-refractivity contribution in [3.05, 3.63) is 24.1 Å². The van der Waals surface area contributed by atoms with E-state index in [1.807, 2.05) is 0 Å². The van der Waals surface area contributed by atoms with Gasteiger partial charge in [-0.15, -0.1) is 0 Å². The molecule has 100 valence electrons. The van der Waals surface area contributed by atoms with Crippen LogP contribution in [0.25, 0.3) is 11.4 Å². The Balaban J connectivity index is 1.94. The summed E-state index contributed by atoms with van der Waals surface area (Å²) >= 11 is 0. The highest BCUT2D eigenvalue weighted by Gasteiger charge is 2.36. The molecule has 0 radical (unpaired) electrons. The first-order valence-electron chi connectivity index (χ1n) is 6.16. The third-order valence-corrected chi connectivity index (χ3v) is 3.54. The molecule has 3 N–H and O–H groups in total. The van der Waals surface area contributed by atoms with E-state index in [1.165, 1.54) is 12.1 Å². The number of benzene rings is 1. The molecule has 1 aromatic heterocycles. The second-order valence-corrected chi connectivity index (χ2v) is 5.11. The van der Waals surface area contributed by atoms with Crippen LogP contribution >= 0.6 is 0 Å². The van der Waals surface area contributed by atoms with E-state index < -0.39 is 0 Å². The Morgan fingerprint density at radius 1 is 1.32 bits per heavy atom. The minimum absolute atomic E-state index is 0.135. The number of phenols is 2. The second-order valence-electron chi connectivity index (χ2n) is 5.11. The molecule has 1 aliphatic rings. The molecule has 19 heavy (non-hydrogen) atoms. The monoisotopic (exact) mass is 261 g/mol. The minimum atomic E-state index is -0.197. The van der Waals surface area contributed by atoms with Gasteiger partial charge < -0.3 is 20.1 Å². The lowest BCUT2D eigenvalue weighted by Gasteiger charge is -2.15. The van der Waals surface area contributed by atoms with Crippen molar-refractivity contribution in [1.29, 1.82) is 0 Å². The third-order valence-electron chi connectivity index (χ3n) is 3.54. The van der Waals surface area contributed by atoms with E-state index in [2.05, 4.69) is 22.4 Å². The molecule has 1 atom stereocenters. The number of hydrogen-bond acceptors (Lipinski definition) is 6. The summed E-state index contributed by atoms with van der Waals surface area (Å²) in [6, 6.07) is 4.46. The molecule has 1 unspecified atom stereocenters. The van der Waals surface area contributed by atoms with E-state index in [0.29, 0.717) is 17.3 Å². The van der Waals surface area contributed by atoms with Crippen LogP contribution in [0.2, 0.25) is 0 Å². The SMILES string of the molecule is CC1(c2nc(-c3ccc(O)c(O)c3)no2)CCNC1. The summed E-state index contributed by atoms with van der Waals surface area (Å²) in [7, 11) is 0. The van der Waals surface area contributed by atoms with Crippen LogP contribution in [0, 0.1) is 0 Å². The normalized spacial score (nSPS) is 22.8. The molecule has 1 aromatic carbocycles. The predicted octanol–water partition coefficient (Wildman–Crippen LogP) is 1.40. The number of rotatable bonds is 2. The molecule has 0 spiro atoms. The lowest BCUT2D eigenvalue weighted by molar-refractivity contribution is 0.306. The molecule has 1 fully saturated rings. The standard InChI is InChI=1S/C13H15N3O3/c1-13(4-5-14-7-13)12-15-11(16-19-12)8-2-3-9(17)10(18)6-8/h2-3,6,14,17-18H,4-5,7H2,1H3. The van der Waals surface area contributed by atoms with Crippen LogP contribution in [0.4, 0.5) is 0 Å². The zero-order chi connectivity index (χ0) is 13.5. The number of aromatic nitrogens is 2. The van der Waals surface area contributed by atoms with Crippen molar-refractivity contribution in [3.8, 4) is 22.9 Å². The topological polar surface area (TPSA) is 91.4 Å². The highest BCUT2D eigenvalue weighted by atomic mass is 16.5. The number of nitrogens with one attached hydrogen (secondary N) is 1. The molecule has 0 aliphatic carbocycles. The first-order chi connectivity index (χ1) is 9.08. The lowest BCUT2D eigenvalue weighted by Crippen LogP contribution is -2.25. The van der Waals surface area contributed by atoms with Gasteiger partial charge in [-0.1, -0.05) is 5.16 Å². The zero-order valence-corrected chi connectivity index (χ0v) is 10.6. The maximum atomic E-state index is 9.48. The fourth-order valence-electron chi connectivity index (χ4n) is 2.25. The van der Waals surface area contributed by atoms with Crippen LogP contribution in [0.15, 0.2) is 22.7 Å². The van der Waals surface area contributed by atoms with Crippen molar-refractivity contribution in [2.45, 2.75) is 18.8 Å². The van der Waals surface area contributed by atoms with Gasteiger partial charge in [0.15, 0.2) is 11.5 Å². The molecule has 0 saturated carbocycles. The summed E-state index contributed by atoms with van der Waals surface area (Å²) in [4.78, 5) is 4.39. The van der Waals surface area contributed by atoms with Crippen molar-refractivity contribution >= 4 is 0 Å². The van der Waals surface area contributed by atoms with Gasteiger partial charge in [-0.05, 0) is 38.1 Å². The Labute approximate surface area is 110 Å². The second kappa shape index (κ2) is 4.24. The van der Waals surface area contributed by atoms with Crippen molar-refractivity contribution in [3.63, 3.8) is 0 Å². The third kappa shape index (κ3) is 2.04. The summed E-state index contributed by atoms with van der Waals surface area (Å²) in [5.74, 6) is 0.649. The fourth-order valence-corrected chi connectivity index (χ4v) is 2.25. The largest absolute Gasteiger partial charge is 0.504 e. The Morgan fingerprint density at radius 3 is 2.84 bits per heavy atom. The maximum absolute atomic E-state index is 9.48. The molecule has 2 aromatic rings. The summed E-state index contributed by atoms with van der Waals surface area (Å²) in [5.41, 5.74) is 0.476. The van der Waals surface area contributed by atoms with E-state index in [-0.39, 0.29) is 16.9 Å². The quantitative estimate of drug-likeness (QED) is 0.708. The predicted molar refractivity (Wildman–Crippen MR) is 67.9 cm³/mol. The molecular weight excluding hydrogens is 246 g/mol. The molecule has 3 rings (SSSR count). The lowest BCUT2D eigenvalue weighted by atomic mass is 9.90. The van der Waals surface area contributed by atoms with Crippen molar-refractivity contribution in [2.75, 3.05) is 13.1 Å². The molecule has 1 aliphatic heterocycles. The van der Waals surface area contributed by atoms with Gasteiger partial charge in [0.05, 0.1) is 5.41 Å². The van der Waals surface area contributed by atoms with Crippen LogP contribution in [0.1, 0.15) is 19.2 Å². The van der Waals surface area contributed by atoms with Gasteiger partial charge in [-0.3, -0.25) is 0 Å². The van der Waals surface area contributed by atoms with Crippen molar-refractivity contribution in [1.82, 2.24) is 15.5 Å². The number of nitrogens with zero attached hydrogens (tertiary/aromatic N) is 2. The van der Waals surface area contributed by atoms with Crippen LogP contribution in [0.5, 0.6) is 11.5 Å². The maximum Gasteiger partial charge on any atom is 0.234 e. The Morgan fingerprint density at radius 2 is 2.16 bits per heavy atom. The van der Waals surface area contributed by atoms with Gasteiger partial charge >= 0.3 is 0 Å². The molecular formula is C13H15N3O3. The summed E-state index contributed by atoms with van der Waals surface area (Å²) in [5, 5.41) is 26.0. The zero-order valence-electron chi connectivity index (χ0n) is 10.6. The number of hydrogen-bond donors (Lipinski definition) is 3. The smallest absolute Gasteiger partial charge is 0.234 e. The summed E-state index contributed by atoms with van der Waals surface area (Å²) in [6.07, 6.45) is 0.954. The molecule has 0 bridgehead atoms. The average molecular weight is 261 g/mol. The first kappa shape index (κ1) is 12.0. The molecule has 2 heterocycles. The van der Waals surface area contributed by atoms with E-state index in [9.17, 15) is 10.2 Å². The van der Waals surface area contributed by atoms with Gasteiger partial charge in [-0.25, -0.2) is 0 Å². The van der Waals surface area contributed by atoms with Crippen molar-refractivity contribution in [2.24, 2.45) is 0 Å². The van der Waals surface area contributed by atoms with Gasteiger partial charge in [0.1, 0.15) is 0 Å². The Hall–Kier alpha value is -2.08. The summed E-state index contributed by atoms with van der Waals surface area (Å²) in [6.45, 7) is 3.84. The highest BCUT2D eigenvalue weighted by molar-refractivity contribution is 5.60. The van der Waals surface area contributed by atoms with E-state index >= 15 is 0 Å². The van der Waals surface area contributed by atoms with Gasteiger partial charge in [0.25, 0.3) is 0 Å². The average Bonchev–Trinajstić information content (AvgIpc) is 3.02. The minimum Gasteiger partial charge on any atom is -0.504 e. The Bertz CT molecular complexity index is 603. The number of aromatic hydroxyl groups is 2. The highest BCUT2D eigenvalue weighted by Crippen LogP contribution is 2.32. The van der Waals surface area contributed by atoms with Crippen LogP contribution < -0.4 is 5.32 Å². The Kier molecular flexibility index (Phi) is 2.67. The van der Waals surface area contributed by atoms with E-state index in [4.69, 9.17) is 4.52 Å². The van der Waals surface area contributed by atoms with E-state index in [1.54, 1.807) is 6.07 Å². The molecule has 6 heteroatoms. The first-order valence-corrected chi connectivity index (χ1v) is 6.16. The van der Waals surface area contributed by atoms with Crippen LogP contribution in [0.3, 0.4) is 0 Å². The van der Waals surface area contributed by atoms with Gasteiger partial charge in [0, 0.05) is 12.1 Å². The molecule has 0 amide bonds. The van der Waals surface area contributed by atoms with E-state index in [0.717, 1.165) is 19.5 Å². The van der Waals surface area contributed by atoms with Crippen LogP contribution in [-0.4, -0.2) is 33.4 Å². The molecule has 6 nitrogen and oxygen atoms in total. The fraction of sp³-hybridized carbons (Fsp3) is 0.385.